The predicted octanol–water partition coefficient (Wildman–Crippen LogP) is 5.48. The van der Waals surface area contributed by atoms with E-state index in [1.165, 1.54) is 11.1 Å². The SMILES string of the molecule is CC(=P)C1=CC(Oc2nc3cc(N)c(-c4ccc(N(C)C)cc4)cc3[nH]2)C(C)C=C1C. The Balaban J connectivity index is 1.64. The van der Waals surface area contributed by atoms with Crippen LogP contribution in [0.15, 0.2) is 59.7 Å². The number of aromatic amines is 1. The van der Waals surface area contributed by atoms with Crippen molar-refractivity contribution in [1.29, 1.82) is 0 Å². The monoisotopic (exact) mass is 432 g/mol. The van der Waals surface area contributed by atoms with Crippen molar-refractivity contribution in [3.63, 3.8) is 0 Å². The minimum Gasteiger partial charge on any atom is -0.457 e. The van der Waals surface area contributed by atoms with E-state index in [1.54, 1.807) is 0 Å². The van der Waals surface area contributed by atoms with Gasteiger partial charge < -0.3 is 20.4 Å². The number of benzene rings is 2. The zero-order valence-electron chi connectivity index (χ0n) is 18.7. The van der Waals surface area contributed by atoms with Gasteiger partial charge in [-0.3, -0.25) is 0 Å². The third-order valence-electron chi connectivity index (χ3n) is 5.76. The van der Waals surface area contributed by atoms with E-state index in [0.717, 1.165) is 33.1 Å². The number of nitrogens with one attached hydrogen (secondary N) is 1. The average molecular weight is 433 g/mol. The summed E-state index contributed by atoms with van der Waals surface area (Å²) in [5.74, 6) is 0.249. The number of hydrogen-bond acceptors (Lipinski definition) is 4. The number of H-pyrrole nitrogens is 1. The standard InChI is InChI=1S/C25H29N4OP/c1-14-10-15(2)24(12-19(14)16(3)31)30-25-27-22-11-20(21(26)13-23(22)28-25)17-6-8-18(9-7-17)29(4)5/h6-13,15,24,31H,26H2,1-5H3,(H,27,28). The molecule has 0 radical (unpaired) electrons. The van der Waals surface area contributed by atoms with Crippen LogP contribution in [0.4, 0.5) is 11.4 Å². The van der Waals surface area contributed by atoms with Crippen LogP contribution in [0.2, 0.25) is 0 Å². The minimum absolute atomic E-state index is 0.0963. The second-order valence-electron chi connectivity index (χ2n) is 8.44. The first-order chi connectivity index (χ1) is 14.7. The lowest BCUT2D eigenvalue weighted by atomic mass is 9.89. The van der Waals surface area contributed by atoms with E-state index in [4.69, 9.17) is 10.5 Å². The van der Waals surface area contributed by atoms with E-state index in [-0.39, 0.29) is 12.0 Å². The number of nitrogens with two attached hydrogens (primary N) is 1. The second-order valence-corrected chi connectivity index (χ2v) is 9.19. The number of imidazole rings is 1. The highest BCUT2D eigenvalue weighted by atomic mass is 31.0. The maximum Gasteiger partial charge on any atom is 0.295 e. The van der Waals surface area contributed by atoms with Crippen LogP contribution < -0.4 is 15.4 Å². The van der Waals surface area contributed by atoms with E-state index in [0.29, 0.717) is 11.7 Å². The van der Waals surface area contributed by atoms with Gasteiger partial charge in [0.15, 0.2) is 0 Å². The predicted molar refractivity (Wildman–Crippen MR) is 135 cm³/mol. The van der Waals surface area contributed by atoms with Crippen LogP contribution in [-0.4, -0.2) is 35.5 Å². The lowest BCUT2D eigenvalue weighted by Crippen LogP contribution is -2.26. The molecule has 2 aromatic carbocycles. The van der Waals surface area contributed by atoms with Crippen molar-refractivity contribution in [3.05, 3.63) is 59.7 Å². The number of allylic oxidation sites excluding steroid dienone is 2. The summed E-state index contributed by atoms with van der Waals surface area (Å²) in [6, 6.07) is 12.8. The van der Waals surface area contributed by atoms with Crippen molar-refractivity contribution in [2.75, 3.05) is 24.7 Å². The molecule has 1 aromatic heterocycles. The van der Waals surface area contributed by atoms with Crippen molar-refractivity contribution >= 4 is 36.6 Å². The maximum atomic E-state index is 6.37. The topological polar surface area (TPSA) is 67.2 Å². The largest absolute Gasteiger partial charge is 0.457 e. The number of hydrogen-bond donors (Lipinski definition) is 2. The Kier molecular flexibility index (Phi) is 5.63. The van der Waals surface area contributed by atoms with E-state index < -0.39 is 0 Å². The van der Waals surface area contributed by atoms with Crippen LogP contribution >= 0.6 is 8.86 Å². The van der Waals surface area contributed by atoms with Gasteiger partial charge in [0.25, 0.3) is 6.01 Å². The van der Waals surface area contributed by atoms with Gasteiger partial charge >= 0.3 is 0 Å². The molecule has 0 aliphatic heterocycles. The number of ether oxygens (including phenoxy) is 1. The molecule has 0 saturated carbocycles. The number of rotatable bonds is 5. The van der Waals surface area contributed by atoms with E-state index >= 15 is 0 Å². The highest BCUT2D eigenvalue weighted by molar-refractivity contribution is 7.22. The Hall–Kier alpha value is -3.04. The molecule has 1 aliphatic rings. The van der Waals surface area contributed by atoms with Gasteiger partial charge in [0.2, 0.25) is 0 Å². The van der Waals surface area contributed by atoms with Gasteiger partial charge in [-0.05, 0) is 66.2 Å². The van der Waals surface area contributed by atoms with Crippen LogP contribution in [-0.2, 0) is 0 Å². The van der Waals surface area contributed by atoms with Gasteiger partial charge in [0.1, 0.15) is 6.10 Å². The molecule has 0 fully saturated rings. The van der Waals surface area contributed by atoms with E-state index in [2.05, 4.69) is 74.0 Å². The van der Waals surface area contributed by atoms with Crippen molar-refractivity contribution in [2.45, 2.75) is 26.9 Å². The van der Waals surface area contributed by atoms with Gasteiger partial charge in [-0.1, -0.05) is 25.1 Å². The fraction of sp³-hybridized carbons (Fsp3) is 0.280. The van der Waals surface area contributed by atoms with Crippen LogP contribution in [0, 0.1) is 5.92 Å². The highest BCUT2D eigenvalue weighted by Crippen LogP contribution is 2.33. The number of anilines is 2. The summed E-state index contributed by atoms with van der Waals surface area (Å²) in [7, 11) is 7.71. The first kappa shape index (κ1) is 21.2. The summed E-state index contributed by atoms with van der Waals surface area (Å²) in [5.41, 5.74) is 14.4. The Morgan fingerprint density at radius 1 is 1.16 bits per heavy atom. The van der Waals surface area contributed by atoms with E-state index in [9.17, 15) is 0 Å². The Morgan fingerprint density at radius 3 is 2.52 bits per heavy atom. The molecule has 31 heavy (non-hydrogen) atoms. The molecular weight excluding hydrogens is 403 g/mol. The zero-order valence-corrected chi connectivity index (χ0v) is 19.7. The summed E-state index contributed by atoms with van der Waals surface area (Å²) >= 11 is 0. The average Bonchev–Trinajstić information content (AvgIpc) is 3.10. The molecule has 4 rings (SSSR count). The van der Waals surface area contributed by atoms with Gasteiger partial charge in [-0.2, -0.15) is 4.98 Å². The smallest absolute Gasteiger partial charge is 0.295 e. The van der Waals surface area contributed by atoms with Crippen molar-refractivity contribution in [1.82, 2.24) is 9.97 Å². The van der Waals surface area contributed by atoms with Gasteiger partial charge in [-0.15, -0.1) is 8.86 Å². The van der Waals surface area contributed by atoms with Crippen molar-refractivity contribution in [3.8, 4) is 17.1 Å². The van der Waals surface area contributed by atoms with E-state index in [1.807, 2.05) is 33.2 Å². The fourth-order valence-corrected chi connectivity index (χ4v) is 4.29. The molecule has 0 amide bonds. The number of nitrogen functional groups attached to an aromatic ring is 1. The molecule has 3 N–H and O–H groups in total. The summed E-state index contributed by atoms with van der Waals surface area (Å²) in [4.78, 5) is 10.0. The van der Waals surface area contributed by atoms with Crippen LogP contribution in [0.3, 0.4) is 0 Å². The van der Waals surface area contributed by atoms with Crippen LogP contribution in [0.5, 0.6) is 6.01 Å². The van der Waals surface area contributed by atoms with Crippen LogP contribution in [0.1, 0.15) is 20.8 Å². The minimum atomic E-state index is -0.0963. The second kappa shape index (κ2) is 8.24. The summed E-state index contributed by atoms with van der Waals surface area (Å²) in [5, 5.41) is 1.09. The molecule has 0 bridgehead atoms. The molecule has 6 heteroatoms. The quantitative estimate of drug-likeness (QED) is 0.414. The normalized spacial score (nSPS) is 18.5. The summed E-state index contributed by atoms with van der Waals surface area (Å²) < 4.78 is 6.24. The summed E-state index contributed by atoms with van der Waals surface area (Å²) in [6.07, 6.45) is 4.29. The molecule has 1 heterocycles. The van der Waals surface area contributed by atoms with Gasteiger partial charge in [0, 0.05) is 37.0 Å². The molecule has 2 atom stereocenters. The number of aromatic nitrogens is 2. The number of fused-ring (bicyclic) bond motifs is 1. The lowest BCUT2D eigenvalue weighted by molar-refractivity contribution is 0.194. The van der Waals surface area contributed by atoms with Crippen molar-refractivity contribution in [2.24, 2.45) is 5.92 Å². The molecular formula is C25H29N4OP. The zero-order chi connectivity index (χ0) is 22.3. The number of nitrogens with zero attached hydrogens (tertiary/aromatic N) is 2. The maximum absolute atomic E-state index is 6.37. The summed E-state index contributed by atoms with van der Waals surface area (Å²) in [6.45, 7) is 6.32. The lowest BCUT2D eigenvalue weighted by Gasteiger charge is -2.25. The molecule has 0 spiro atoms. The fourth-order valence-electron chi connectivity index (χ4n) is 4.01. The molecule has 3 aromatic rings. The first-order valence-electron chi connectivity index (χ1n) is 10.4. The Labute approximate surface area is 185 Å². The molecule has 2 unspecified atom stereocenters. The van der Waals surface area contributed by atoms with Gasteiger partial charge in [-0.25, -0.2) is 0 Å². The van der Waals surface area contributed by atoms with Crippen molar-refractivity contribution < 1.29 is 4.74 Å². The Bertz CT molecular complexity index is 1200. The third-order valence-corrected chi connectivity index (χ3v) is 6.03. The Morgan fingerprint density at radius 2 is 1.87 bits per heavy atom. The van der Waals surface area contributed by atoms with Gasteiger partial charge in [0.05, 0.1) is 11.0 Å². The molecule has 160 valence electrons. The molecule has 0 saturated heterocycles. The highest BCUT2D eigenvalue weighted by Gasteiger charge is 2.23. The third kappa shape index (κ3) is 4.24. The molecule has 1 aliphatic carbocycles. The van der Waals surface area contributed by atoms with Crippen LogP contribution in [0.25, 0.3) is 22.2 Å². The first-order valence-corrected chi connectivity index (χ1v) is 10.9. The molecule has 5 nitrogen and oxygen atoms in total.